The van der Waals surface area contributed by atoms with Crippen molar-refractivity contribution in [2.75, 3.05) is 40.4 Å². The Morgan fingerprint density at radius 3 is 2.30 bits per heavy atom. The zero-order chi connectivity index (χ0) is 24.1. The van der Waals surface area contributed by atoms with Crippen LogP contribution in [0.1, 0.15) is 31.0 Å². The Kier molecular flexibility index (Phi) is 7.71. The topological polar surface area (TPSA) is 83.3 Å². The van der Waals surface area contributed by atoms with Crippen LogP contribution in [0, 0.1) is 5.82 Å². The molecule has 1 aliphatic heterocycles. The van der Waals surface area contributed by atoms with Crippen LogP contribution in [0.4, 0.5) is 4.39 Å². The molecule has 1 aliphatic rings. The highest BCUT2D eigenvalue weighted by Crippen LogP contribution is 2.43. The van der Waals surface area contributed by atoms with Gasteiger partial charge in [0.05, 0.1) is 46.4 Å². The lowest BCUT2D eigenvalue weighted by molar-refractivity contribution is -0.895. The number of rotatable bonds is 9. The minimum atomic E-state index is -0.942. The molecular weight excluding hydrogens is 427 g/mol. The van der Waals surface area contributed by atoms with E-state index in [1.807, 2.05) is 13.8 Å². The molecule has 33 heavy (non-hydrogen) atoms. The molecule has 1 N–H and O–H groups in total. The Balaban J connectivity index is 2.19. The molecule has 0 aliphatic carbocycles. The third-order valence-corrected chi connectivity index (χ3v) is 6.07. The Bertz CT molecular complexity index is 1050. The normalized spacial score (nSPS) is 17.6. The van der Waals surface area contributed by atoms with Crippen LogP contribution in [0.5, 0.6) is 11.5 Å². The van der Waals surface area contributed by atoms with Crippen LogP contribution in [0.2, 0.25) is 0 Å². The lowest BCUT2D eigenvalue weighted by Gasteiger charge is -2.29. The lowest BCUT2D eigenvalue weighted by Crippen LogP contribution is -3.12. The number of ketones is 1. The van der Waals surface area contributed by atoms with Gasteiger partial charge in [-0.2, -0.15) is 0 Å². The van der Waals surface area contributed by atoms with Crippen LogP contribution >= 0.6 is 0 Å². The number of halogens is 1. The lowest BCUT2D eigenvalue weighted by atomic mass is 9.94. The van der Waals surface area contributed by atoms with Crippen molar-refractivity contribution < 1.29 is 33.5 Å². The molecule has 1 fully saturated rings. The van der Waals surface area contributed by atoms with Crippen molar-refractivity contribution >= 4 is 17.4 Å². The summed E-state index contributed by atoms with van der Waals surface area (Å²) in [4.78, 5) is 28.9. The summed E-state index contributed by atoms with van der Waals surface area (Å²) in [7, 11) is 2.99. The van der Waals surface area contributed by atoms with Crippen molar-refractivity contribution in [3.05, 3.63) is 65.0 Å². The Morgan fingerprint density at radius 2 is 1.73 bits per heavy atom. The first-order valence-corrected chi connectivity index (χ1v) is 10.9. The maximum atomic E-state index is 13.4. The molecule has 3 rings (SSSR count). The Labute approximate surface area is 193 Å². The molecule has 0 aromatic heterocycles. The summed E-state index contributed by atoms with van der Waals surface area (Å²) >= 11 is 0. The van der Waals surface area contributed by atoms with Crippen LogP contribution in [-0.4, -0.2) is 57.0 Å². The monoisotopic (exact) mass is 456 g/mol. The summed E-state index contributed by atoms with van der Waals surface area (Å²) in [6.07, 6.45) is 0. The number of methoxy groups -OCH3 is 2. The number of carbonyl (C=O) groups is 2. The van der Waals surface area contributed by atoms with Gasteiger partial charge in [0.25, 0.3) is 5.91 Å². The van der Waals surface area contributed by atoms with Crippen molar-refractivity contribution in [1.82, 2.24) is 4.90 Å². The highest BCUT2D eigenvalue weighted by atomic mass is 19.1. The summed E-state index contributed by atoms with van der Waals surface area (Å²) in [6, 6.07) is 9.03. The average molecular weight is 457 g/mol. The molecule has 8 heteroatoms. The van der Waals surface area contributed by atoms with E-state index in [4.69, 9.17) is 9.47 Å². The Morgan fingerprint density at radius 1 is 1.06 bits per heavy atom. The molecule has 0 radical (unpaired) electrons. The molecule has 1 unspecified atom stereocenters. The van der Waals surface area contributed by atoms with E-state index in [1.54, 1.807) is 18.2 Å². The molecule has 0 bridgehead atoms. The number of Topliss-reactive ketones (excluding diaryl/α,β-unsaturated/α-hetero) is 1. The zero-order valence-corrected chi connectivity index (χ0v) is 19.3. The van der Waals surface area contributed by atoms with Gasteiger partial charge in [-0.25, -0.2) is 4.39 Å². The molecule has 7 nitrogen and oxygen atoms in total. The highest BCUT2D eigenvalue weighted by Gasteiger charge is 2.45. The average Bonchev–Trinajstić information content (AvgIpc) is 3.09. The van der Waals surface area contributed by atoms with Crippen LogP contribution < -0.4 is 19.5 Å². The summed E-state index contributed by atoms with van der Waals surface area (Å²) < 4.78 is 24.3. The molecule has 1 heterocycles. The maximum absolute atomic E-state index is 13.4. The third-order valence-electron chi connectivity index (χ3n) is 6.07. The molecule has 2 aromatic rings. The van der Waals surface area contributed by atoms with Gasteiger partial charge in [-0.05, 0) is 49.7 Å². The number of likely N-dealkylation sites (tertiary alicyclic amines) is 1. The predicted molar refractivity (Wildman–Crippen MR) is 119 cm³/mol. The summed E-state index contributed by atoms with van der Waals surface area (Å²) in [5.74, 6) is -1.77. The fourth-order valence-electron chi connectivity index (χ4n) is 4.12. The molecule has 1 saturated heterocycles. The SMILES string of the molecule is CC[NH+](CC)CCN1C(=O)C(=O)/C(=C(/[O-])c2ccc(F)cc2)C1c1cc(OC)ccc1OC. The number of likely N-dealkylation sites (N-methyl/N-ethyl adjacent to an activating group) is 1. The van der Waals surface area contributed by atoms with Gasteiger partial charge in [0, 0.05) is 11.1 Å². The quantitative estimate of drug-likeness (QED) is 0.346. The second kappa shape index (κ2) is 10.5. The van der Waals surface area contributed by atoms with Gasteiger partial charge in [-0.15, -0.1) is 0 Å². The molecule has 176 valence electrons. The number of hydrogen-bond acceptors (Lipinski definition) is 5. The summed E-state index contributed by atoms with van der Waals surface area (Å²) in [5, 5.41) is 13.4. The second-order valence-corrected chi connectivity index (χ2v) is 7.79. The number of benzene rings is 2. The number of ether oxygens (including phenoxy) is 2. The second-order valence-electron chi connectivity index (χ2n) is 7.79. The van der Waals surface area contributed by atoms with Crippen molar-refractivity contribution in [1.29, 1.82) is 0 Å². The third kappa shape index (κ3) is 4.85. The summed E-state index contributed by atoms with van der Waals surface area (Å²) in [5.41, 5.74) is 0.444. The van der Waals surface area contributed by atoms with Crippen LogP contribution in [0.25, 0.3) is 5.76 Å². The molecule has 2 aromatic carbocycles. The summed E-state index contributed by atoms with van der Waals surface area (Å²) in [6.45, 7) is 6.73. The van der Waals surface area contributed by atoms with E-state index in [2.05, 4.69) is 0 Å². The van der Waals surface area contributed by atoms with Gasteiger partial charge < -0.3 is 24.4 Å². The fraction of sp³-hybridized carbons (Fsp3) is 0.360. The highest BCUT2D eigenvalue weighted by molar-refractivity contribution is 6.46. The van der Waals surface area contributed by atoms with E-state index >= 15 is 0 Å². The van der Waals surface area contributed by atoms with Gasteiger partial charge >= 0.3 is 0 Å². The number of nitrogens with one attached hydrogen (secondary N) is 1. The van der Waals surface area contributed by atoms with Crippen molar-refractivity contribution in [3.63, 3.8) is 0 Å². The maximum Gasteiger partial charge on any atom is 0.295 e. The molecule has 0 spiro atoms. The van der Waals surface area contributed by atoms with E-state index in [1.165, 1.54) is 36.2 Å². The minimum Gasteiger partial charge on any atom is -0.872 e. The molecule has 1 amide bonds. The van der Waals surface area contributed by atoms with Gasteiger partial charge in [-0.1, -0.05) is 17.9 Å². The van der Waals surface area contributed by atoms with E-state index < -0.39 is 29.3 Å². The smallest absolute Gasteiger partial charge is 0.295 e. The van der Waals surface area contributed by atoms with Crippen molar-refractivity contribution in [2.45, 2.75) is 19.9 Å². The first-order valence-electron chi connectivity index (χ1n) is 10.9. The van der Waals surface area contributed by atoms with Crippen molar-refractivity contribution in [2.24, 2.45) is 0 Å². The van der Waals surface area contributed by atoms with Gasteiger partial charge in [0.15, 0.2) is 0 Å². The van der Waals surface area contributed by atoms with Crippen LogP contribution in [-0.2, 0) is 9.59 Å². The van der Waals surface area contributed by atoms with Gasteiger partial charge in [0.1, 0.15) is 17.3 Å². The molecule has 1 atom stereocenters. The van der Waals surface area contributed by atoms with E-state index in [9.17, 15) is 19.1 Å². The zero-order valence-electron chi connectivity index (χ0n) is 19.3. The number of quaternary nitrogens is 1. The van der Waals surface area contributed by atoms with Crippen LogP contribution in [0.15, 0.2) is 48.0 Å². The first-order chi connectivity index (χ1) is 15.9. The van der Waals surface area contributed by atoms with Crippen molar-refractivity contribution in [3.8, 4) is 11.5 Å². The fourth-order valence-corrected chi connectivity index (χ4v) is 4.12. The number of nitrogens with zero attached hydrogens (tertiary/aromatic N) is 1. The standard InChI is InChI=1S/C25H29FN2O5/c1-5-27(6-2)13-14-28-22(19-15-18(32-3)11-12-20(19)33-4)21(24(30)25(28)31)23(29)16-7-9-17(26)10-8-16/h7-12,15,22,29H,5-6,13-14H2,1-4H3/b23-21+. The van der Waals surface area contributed by atoms with Gasteiger partial charge in [-0.3, -0.25) is 9.59 Å². The molecule has 0 saturated carbocycles. The first kappa shape index (κ1) is 24.3. The number of amides is 1. The number of carbonyl (C=O) groups excluding carboxylic acids is 2. The minimum absolute atomic E-state index is 0.135. The van der Waals surface area contributed by atoms with Crippen LogP contribution in [0.3, 0.4) is 0 Å². The largest absolute Gasteiger partial charge is 0.872 e. The Hall–Kier alpha value is -3.39. The predicted octanol–water partition coefficient (Wildman–Crippen LogP) is 0.992. The van der Waals surface area contributed by atoms with Gasteiger partial charge in [0.2, 0.25) is 5.78 Å². The van der Waals surface area contributed by atoms with E-state index in [0.29, 0.717) is 23.6 Å². The van der Waals surface area contributed by atoms with E-state index in [0.717, 1.165) is 25.2 Å². The number of hydrogen-bond donors (Lipinski definition) is 1. The van der Waals surface area contributed by atoms with E-state index in [-0.39, 0.29) is 17.7 Å². The molecular formula is C25H29FN2O5.